The number of nitrogens with two attached hydrogens (primary N) is 1. The van der Waals surface area contributed by atoms with Crippen molar-refractivity contribution in [3.05, 3.63) is 136 Å². The number of aromatic nitrogens is 4. The van der Waals surface area contributed by atoms with E-state index < -0.39 is 0 Å². The van der Waals surface area contributed by atoms with Gasteiger partial charge in [-0.15, -0.1) is 0 Å². The fourth-order valence-corrected chi connectivity index (χ4v) is 4.95. The van der Waals surface area contributed by atoms with Crippen LogP contribution in [0.15, 0.2) is 109 Å². The lowest BCUT2D eigenvalue weighted by atomic mass is 10.1. The number of rotatable bonds is 10. The van der Waals surface area contributed by atoms with E-state index in [9.17, 15) is 0 Å². The summed E-state index contributed by atoms with van der Waals surface area (Å²) in [4.78, 5) is 16.5. The summed E-state index contributed by atoms with van der Waals surface area (Å²) in [7, 11) is 6.58. The lowest BCUT2D eigenvalue weighted by molar-refractivity contribution is 0.414. The van der Waals surface area contributed by atoms with Crippen molar-refractivity contribution in [2.75, 3.05) is 44.8 Å². The molecule has 0 unspecified atom stereocenters. The molecule has 0 saturated carbocycles. The van der Waals surface area contributed by atoms with Crippen molar-refractivity contribution in [3.63, 3.8) is 0 Å². The number of benzene rings is 4. The third kappa shape index (κ3) is 13.0. The van der Waals surface area contributed by atoms with Crippen LogP contribution in [0, 0.1) is 0 Å². The molecule has 0 aliphatic rings. The number of nitrogens with zero attached hydrogens (tertiary/aromatic N) is 4. The number of ether oxygens (including phenoxy) is 4. The van der Waals surface area contributed by atoms with Gasteiger partial charge in [0.2, 0.25) is 11.2 Å². The predicted molar refractivity (Wildman–Crippen MR) is 205 cm³/mol. The molecule has 6 aromatic rings. The van der Waals surface area contributed by atoms with Crippen LogP contribution in [0.4, 0.5) is 28.8 Å². The highest BCUT2D eigenvalue weighted by atomic mass is 35.5. The first kappa shape index (κ1) is 38.3. The minimum Gasteiger partial charge on any atom is -0.497 e. The van der Waals surface area contributed by atoms with Gasteiger partial charge in [0.05, 0.1) is 34.1 Å². The van der Waals surface area contributed by atoms with Crippen LogP contribution in [0.5, 0.6) is 23.0 Å². The standard InChI is InChI=1S/C26H26N4O3.C7H9NO.C4HCl3N2/c1-31-22-10-4-18(5-11-22)16-21-17-25(27-19-6-12-23(32-2)13-7-19)30-26(29-21)28-20-8-14-24(33-3)15-9-20;1-9-7-4-2-6(8)3-5-7;5-2-1-3(6)9-4(7)8-2/h4-15,17H,16H2,1-3H3,(H2,27,28,29,30);2-5H,8H2,1H3;1H. The van der Waals surface area contributed by atoms with Crippen LogP contribution in [0.1, 0.15) is 11.3 Å². The van der Waals surface area contributed by atoms with Gasteiger partial charge in [0.25, 0.3) is 0 Å². The van der Waals surface area contributed by atoms with E-state index in [1.807, 2.05) is 91.0 Å². The molecule has 4 aromatic carbocycles. The molecular formula is C37H36Cl3N7O4. The first-order valence-electron chi connectivity index (χ1n) is 15.2. The van der Waals surface area contributed by atoms with Gasteiger partial charge in [-0.2, -0.15) is 4.98 Å². The Bertz CT molecular complexity index is 1740. The van der Waals surface area contributed by atoms with Crippen LogP contribution in [0.3, 0.4) is 0 Å². The van der Waals surface area contributed by atoms with E-state index in [0.29, 0.717) is 18.2 Å². The topological polar surface area (TPSA) is 139 Å². The van der Waals surface area contributed by atoms with Gasteiger partial charge in [0.15, 0.2) is 0 Å². The first-order valence-corrected chi connectivity index (χ1v) is 16.4. The Morgan fingerprint density at radius 3 is 1.41 bits per heavy atom. The molecule has 4 N–H and O–H groups in total. The highest BCUT2D eigenvalue weighted by Gasteiger charge is 2.08. The van der Waals surface area contributed by atoms with Crippen molar-refractivity contribution < 1.29 is 18.9 Å². The van der Waals surface area contributed by atoms with Gasteiger partial charge in [0, 0.05) is 35.6 Å². The summed E-state index contributed by atoms with van der Waals surface area (Å²) in [5.41, 5.74) is 9.96. The van der Waals surface area contributed by atoms with Gasteiger partial charge in [-0.05, 0) is 102 Å². The monoisotopic (exact) mass is 747 g/mol. The maximum atomic E-state index is 5.43. The summed E-state index contributed by atoms with van der Waals surface area (Å²) >= 11 is 16.2. The van der Waals surface area contributed by atoms with E-state index in [1.165, 1.54) is 6.07 Å². The Kier molecular flexibility index (Phi) is 14.8. The van der Waals surface area contributed by atoms with Gasteiger partial charge in [-0.25, -0.2) is 15.0 Å². The van der Waals surface area contributed by atoms with E-state index in [-0.39, 0.29) is 15.6 Å². The number of methoxy groups -OCH3 is 4. The summed E-state index contributed by atoms with van der Waals surface area (Å²) in [5.74, 6) is 4.44. The van der Waals surface area contributed by atoms with E-state index in [2.05, 4.69) is 25.6 Å². The highest BCUT2D eigenvalue weighted by molar-refractivity contribution is 6.35. The molecule has 0 aliphatic carbocycles. The molecular weight excluding hydrogens is 713 g/mol. The van der Waals surface area contributed by atoms with E-state index in [4.69, 9.17) is 64.5 Å². The Morgan fingerprint density at radius 1 is 0.529 bits per heavy atom. The van der Waals surface area contributed by atoms with Crippen molar-refractivity contribution in [1.29, 1.82) is 0 Å². The maximum Gasteiger partial charge on any atom is 0.229 e. The summed E-state index contributed by atoms with van der Waals surface area (Å²) in [6.07, 6.45) is 0.654. The second-order valence-corrected chi connectivity index (χ2v) is 11.5. The summed E-state index contributed by atoms with van der Waals surface area (Å²) < 4.78 is 20.7. The normalized spacial score (nSPS) is 10.0. The van der Waals surface area contributed by atoms with Crippen LogP contribution < -0.4 is 35.3 Å². The average Bonchev–Trinajstić information content (AvgIpc) is 3.13. The Morgan fingerprint density at radius 2 is 0.961 bits per heavy atom. The smallest absolute Gasteiger partial charge is 0.229 e. The van der Waals surface area contributed by atoms with Crippen molar-refractivity contribution in [1.82, 2.24) is 19.9 Å². The average molecular weight is 749 g/mol. The highest BCUT2D eigenvalue weighted by Crippen LogP contribution is 2.24. The number of halogens is 3. The Labute approximate surface area is 311 Å². The fraction of sp³-hybridized carbons (Fsp3) is 0.135. The number of nitrogen functional groups attached to an aromatic ring is 1. The minimum atomic E-state index is 0.0625. The summed E-state index contributed by atoms with van der Waals surface area (Å²) in [6.45, 7) is 0. The number of hydrogen-bond acceptors (Lipinski definition) is 11. The molecule has 11 nitrogen and oxygen atoms in total. The summed E-state index contributed by atoms with van der Waals surface area (Å²) in [6, 6.07) is 33.9. The zero-order chi connectivity index (χ0) is 36.6. The molecule has 0 aliphatic heterocycles. The van der Waals surface area contributed by atoms with Crippen LogP contribution >= 0.6 is 34.8 Å². The zero-order valence-electron chi connectivity index (χ0n) is 28.2. The lowest BCUT2D eigenvalue weighted by Crippen LogP contribution is -2.04. The van der Waals surface area contributed by atoms with E-state index in [1.54, 1.807) is 40.6 Å². The van der Waals surface area contributed by atoms with Crippen molar-refractivity contribution in [2.45, 2.75) is 6.42 Å². The first-order chi connectivity index (χ1) is 24.7. The molecule has 6 rings (SSSR count). The van der Waals surface area contributed by atoms with Crippen LogP contribution in [-0.2, 0) is 6.42 Å². The molecule has 0 atom stereocenters. The van der Waals surface area contributed by atoms with Crippen LogP contribution in [-0.4, -0.2) is 48.4 Å². The Balaban J connectivity index is 0.000000262. The van der Waals surface area contributed by atoms with Crippen molar-refractivity contribution in [3.8, 4) is 23.0 Å². The molecule has 0 saturated heterocycles. The molecule has 0 amide bonds. The number of hydrogen-bond donors (Lipinski definition) is 3. The molecule has 0 bridgehead atoms. The SMILES string of the molecule is COc1ccc(Cc2cc(Nc3ccc(OC)cc3)nc(Nc3ccc(OC)cc3)n2)cc1.COc1ccc(N)cc1.Clc1cc(Cl)nc(Cl)n1. The minimum absolute atomic E-state index is 0.0625. The van der Waals surface area contributed by atoms with Gasteiger partial charge in [0.1, 0.15) is 39.1 Å². The molecule has 51 heavy (non-hydrogen) atoms. The van der Waals surface area contributed by atoms with Crippen molar-refractivity contribution >= 4 is 63.6 Å². The number of anilines is 5. The quantitative estimate of drug-likeness (QED) is 0.0702. The molecule has 2 heterocycles. The number of nitrogens with one attached hydrogen (secondary N) is 2. The third-order valence-corrected chi connectivity index (χ3v) is 7.34. The largest absolute Gasteiger partial charge is 0.497 e. The van der Waals surface area contributed by atoms with E-state index in [0.717, 1.165) is 51.3 Å². The summed E-state index contributed by atoms with van der Waals surface area (Å²) in [5, 5.41) is 7.21. The van der Waals surface area contributed by atoms with Gasteiger partial charge in [-0.3, -0.25) is 0 Å². The predicted octanol–water partition coefficient (Wildman–Crippen LogP) is 9.29. The van der Waals surface area contributed by atoms with Gasteiger partial charge in [-0.1, -0.05) is 35.3 Å². The van der Waals surface area contributed by atoms with Gasteiger partial charge >= 0.3 is 0 Å². The molecule has 0 fully saturated rings. The van der Waals surface area contributed by atoms with Gasteiger partial charge < -0.3 is 35.3 Å². The van der Waals surface area contributed by atoms with Crippen LogP contribution in [0.2, 0.25) is 15.6 Å². The zero-order valence-corrected chi connectivity index (χ0v) is 30.5. The fourth-order valence-electron chi connectivity index (χ4n) is 4.25. The molecule has 2 aromatic heterocycles. The van der Waals surface area contributed by atoms with Crippen molar-refractivity contribution in [2.24, 2.45) is 0 Å². The molecule has 14 heteroatoms. The lowest BCUT2D eigenvalue weighted by Gasteiger charge is -2.12. The molecule has 0 spiro atoms. The molecule has 0 radical (unpaired) electrons. The molecule has 264 valence electrons. The van der Waals surface area contributed by atoms with Crippen LogP contribution in [0.25, 0.3) is 0 Å². The second kappa shape index (κ2) is 19.6. The maximum absolute atomic E-state index is 5.43. The third-order valence-electron chi connectivity index (χ3n) is 6.78. The van der Waals surface area contributed by atoms with E-state index >= 15 is 0 Å². The Hall–Kier alpha value is -5.49. The second-order valence-electron chi connectivity index (χ2n) is 10.4.